The van der Waals surface area contributed by atoms with Gasteiger partial charge in [-0.15, -0.1) is 0 Å². The summed E-state index contributed by atoms with van der Waals surface area (Å²) in [5.41, 5.74) is 6.82. The molecule has 1 unspecified atom stereocenters. The van der Waals surface area contributed by atoms with E-state index in [0.29, 0.717) is 42.2 Å². The molecule has 1 saturated heterocycles. The molecule has 3 N–H and O–H groups in total. The van der Waals surface area contributed by atoms with Crippen LogP contribution in [0.5, 0.6) is 0 Å². The lowest BCUT2D eigenvalue weighted by molar-refractivity contribution is -0.144. The minimum absolute atomic E-state index is 0.0666. The molecule has 0 bridgehead atoms. The standard InChI is InChI=1S/C15H21Cl2N3O2/c1-10(12-4-3-11(16)9-13(12)17)20-14(18)19-6-5-15(2)21-7-8-22-15/h3-4,9-10H,5-8H2,1-2H3,(H3,18,19,20). The molecule has 2 rings (SSSR count). The van der Waals surface area contributed by atoms with Gasteiger partial charge < -0.3 is 20.5 Å². The minimum atomic E-state index is -0.547. The monoisotopic (exact) mass is 345 g/mol. The first-order valence-corrected chi connectivity index (χ1v) is 7.94. The first kappa shape index (κ1) is 17.3. The van der Waals surface area contributed by atoms with Crippen LogP contribution in [0.15, 0.2) is 23.2 Å². The Balaban J connectivity index is 1.87. The van der Waals surface area contributed by atoms with Gasteiger partial charge >= 0.3 is 0 Å². The molecule has 1 aromatic rings. The van der Waals surface area contributed by atoms with Crippen LogP contribution in [0.3, 0.4) is 0 Å². The molecule has 0 saturated carbocycles. The Morgan fingerprint density at radius 2 is 2.09 bits per heavy atom. The smallest absolute Gasteiger partial charge is 0.189 e. The van der Waals surface area contributed by atoms with Gasteiger partial charge in [-0.2, -0.15) is 0 Å². The van der Waals surface area contributed by atoms with E-state index in [4.69, 9.17) is 38.4 Å². The molecule has 0 amide bonds. The zero-order valence-corrected chi connectivity index (χ0v) is 14.2. The Kier molecular flexibility index (Phi) is 5.92. The molecule has 1 fully saturated rings. The molecular weight excluding hydrogens is 325 g/mol. The van der Waals surface area contributed by atoms with Crippen LogP contribution >= 0.6 is 23.2 Å². The number of nitrogens with two attached hydrogens (primary N) is 1. The SMILES string of the molecule is CC(NC(N)=NCCC1(C)OCCO1)c1ccc(Cl)cc1Cl. The number of benzene rings is 1. The van der Waals surface area contributed by atoms with E-state index in [9.17, 15) is 0 Å². The van der Waals surface area contributed by atoms with Crippen LogP contribution in [-0.4, -0.2) is 31.5 Å². The second kappa shape index (κ2) is 7.51. The van der Waals surface area contributed by atoms with Gasteiger partial charge in [0.2, 0.25) is 0 Å². The van der Waals surface area contributed by atoms with E-state index < -0.39 is 5.79 Å². The van der Waals surface area contributed by atoms with E-state index in [1.807, 2.05) is 19.9 Å². The van der Waals surface area contributed by atoms with Crippen molar-refractivity contribution in [3.05, 3.63) is 33.8 Å². The molecule has 0 spiro atoms. The van der Waals surface area contributed by atoms with Crippen molar-refractivity contribution >= 4 is 29.2 Å². The lowest BCUT2D eigenvalue weighted by Gasteiger charge is -2.21. The van der Waals surface area contributed by atoms with Crippen LogP contribution < -0.4 is 11.1 Å². The van der Waals surface area contributed by atoms with Crippen LogP contribution in [0.4, 0.5) is 0 Å². The van der Waals surface area contributed by atoms with Gasteiger partial charge in [0.25, 0.3) is 0 Å². The Hall–Kier alpha value is -1.01. The Bertz CT molecular complexity index is 546. The summed E-state index contributed by atoms with van der Waals surface area (Å²) in [6.45, 7) is 5.65. The molecular formula is C15H21Cl2N3O2. The molecule has 0 aliphatic carbocycles. The van der Waals surface area contributed by atoms with Crippen molar-refractivity contribution in [3.8, 4) is 0 Å². The summed E-state index contributed by atoms with van der Waals surface area (Å²) < 4.78 is 11.0. The number of rotatable bonds is 5. The first-order valence-electron chi connectivity index (χ1n) is 7.19. The third kappa shape index (κ3) is 4.74. The van der Waals surface area contributed by atoms with Crippen molar-refractivity contribution in [1.82, 2.24) is 5.32 Å². The van der Waals surface area contributed by atoms with Gasteiger partial charge in [-0.1, -0.05) is 29.3 Å². The summed E-state index contributed by atoms with van der Waals surface area (Å²) in [5.74, 6) is -0.186. The van der Waals surface area contributed by atoms with Gasteiger partial charge in [0.15, 0.2) is 11.7 Å². The van der Waals surface area contributed by atoms with Crippen LogP contribution in [0, 0.1) is 0 Å². The van der Waals surface area contributed by atoms with Gasteiger partial charge in [0.1, 0.15) is 0 Å². The highest BCUT2D eigenvalue weighted by atomic mass is 35.5. The highest BCUT2D eigenvalue weighted by molar-refractivity contribution is 6.35. The second-order valence-corrected chi connectivity index (χ2v) is 6.22. The Labute approximate surface area is 140 Å². The van der Waals surface area contributed by atoms with Gasteiger partial charge in [-0.05, 0) is 31.5 Å². The Morgan fingerprint density at radius 3 is 2.73 bits per heavy atom. The van der Waals surface area contributed by atoms with Gasteiger partial charge in [0, 0.05) is 23.0 Å². The molecule has 0 aromatic heterocycles. The highest BCUT2D eigenvalue weighted by Crippen LogP contribution is 2.26. The van der Waals surface area contributed by atoms with Crippen molar-refractivity contribution < 1.29 is 9.47 Å². The number of nitrogens with one attached hydrogen (secondary N) is 1. The van der Waals surface area contributed by atoms with E-state index >= 15 is 0 Å². The number of nitrogens with zero attached hydrogens (tertiary/aromatic N) is 1. The minimum Gasteiger partial charge on any atom is -0.370 e. The zero-order chi connectivity index (χ0) is 16.2. The summed E-state index contributed by atoms with van der Waals surface area (Å²) in [6, 6.07) is 5.31. The largest absolute Gasteiger partial charge is 0.370 e. The van der Waals surface area contributed by atoms with Gasteiger partial charge in [-0.25, -0.2) is 0 Å². The molecule has 0 radical (unpaired) electrons. The maximum atomic E-state index is 6.18. The van der Waals surface area contributed by atoms with E-state index in [0.717, 1.165) is 5.56 Å². The molecule has 1 aromatic carbocycles. The van der Waals surface area contributed by atoms with E-state index in [2.05, 4.69) is 10.3 Å². The van der Waals surface area contributed by atoms with Crippen LogP contribution in [0.25, 0.3) is 0 Å². The average Bonchev–Trinajstić information content (AvgIpc) is 2.85. The number of ether oxygens (including phenoxy) is 2. The molecule has 122 valence electrons. The fraction of sp³-hybridized carbons (Fsp3) is 0.533. The summed E-state index contributed by atoms with van der Waals surface area (Å²) in [5, 5.41) is 4.31. The van der Waals surface area contributed by atoms with Crippen molar-refractivity contribution in [1.29, 1.82) is 0 Å². The summed E-state index contributed by atoms with van der Waals surface area (Å²) >= 11 is 12.1. The number of halogens is 2. The Morgan fingerprint density at radius 1 is 1.41 bits per heavy atom. The zero-order valence-electron chi connectivity index (χ0n) is 12.7. The summed E-state index contributed by atoms with van der Waals surface area (Å²) in [4.78, 5) is 4.30. The fourth-order valence-corrected chi connectivity index (χ4v) is 2.85. The number of aliphatic imine (C=N–C) groups is 1. The topological polar surface area (TPSA) is 68.9 Å². The molecule has 1 aliphatic rings. The average molecular weight is 346 g/mol. The second-order valence-electron chi connectivity index (χ2n) is 5.38. The van der Waals surface area contributed by atoms with Crippen LogP contribution in [-0.2, 0) is 9.47 Å². The van der Waals surface area contributed by atoms with Gasteiger partial charge in [-0.3, -0.25) is 4.99 Å². The molecule has 22 heavy (non-hydrogen) atoms. The molecule has 7 heteroatoms. The summed E-state index contributed by atoms with van der Waals surface area (Å²) in [7, 11) is 0. The first-order chi connectivity index (χ1) is 10.4. The third-order valence-corrected chi connectivity index (χ3v) is 4.10. The maximum absolute atomic E-state index is 6.18. The molecule has 5 nitrogen and oxygen atoms in total. The molecule has 1 atom stereocenters. The van der Waals surface area contributed by atoms with Crippen molar-refractivity contribution in [2.24, 2.45) is 10.7 Å². The number of guanidine groups is 1. The van der Waals surface area contributed by atoms with E-state index in [1.54, 1.807) is 12.1 Å². The summed E-state index contributed by atoms with van der Waals surface area (Å²) in [6.07, 6.45) is 0.658. The van der Waals surface area contributed by atoms with Crippen LogP contribution in [0.1, 0.15) is 31.9 Å². The van der Waals surface area contributed by atoms with Crippen molar-refractivity contribution in [3.63, 3.8) is 0 Å². The maximum Gasteiger partial charge on any atom is 0.189 e. The lowest BCUT2D eigenvalue weighted by atomic mass is 10.1. The number of hydrogen-bond donors (Lipinski definition) is 2. The highest BCUT2D eigenvalue weighted by Gasteiger charge is 2.30. The van der Waals surface area contributed by atoms with E-state index in [-0.39, 0.29) is 6.04 Å². The van der Waals surface area contributed by atoms with Crippen LogP contribution in [0.2, 0.25) is 10.0 Å². The van der Waals surface area contributed by atoms with E-state index in [1.165, 1.54) is 0 Å². The normalized spacial score (nSPS) is 19.2. The molecule has 1 heterocycles. The predicted molar refractivity (Wildman–Crippen MR) is 89.4 cm³/mol. The predicted octanol–water partition coefficient (Wildman–Crippen LogP) is 3.11. The fourth-order valence-electron chi connectivity index (χ4n) is 2.28. The third-order valence-electron chi connectivity index (χ3n) is 3.54. The lowest BCUT2D eigenvalue weighted by Crippen LogP contribution is -2.34. The number of hydrogen-bond acceptors (Lipinski definition) is 3. The quantitative estimate of drug-likeness (QED) is 0.635. The van der Waals surface area contributed by atoms with Gasteiger partial charge in [0.05, 0.1) is 19.3 Å². The van der Waals surface area contributed by atoms with Crippen molar-refractivity contribution in [2.45, 2.75) is 32.1 Å². The van der Waals surface area contributed by atoms with Crippen molar-refractivity contribution in [2.75, 3.05) is 19.8 Å². The molecule has 1 aliphatic heterocycles.